The minimum absolute atomic E-state index is 0.0557. The van der Waals surface area contributed by atoms with Crippen LogP contribution in [0.2, 0.25) is 0 Å². The fourth-order valence-corrected chi connectivity index (χ4v) is 3.46. The van der Waals surface area contributed by atoms with Crippen molar-refractivity contribution < 1.29 is 9.59 Å². The molecule has 0 bridgehead atoms. The molecular formula is C17H22N4O2S. The zero-order valence-electron chi connectivity index (χ0n) is 14.0. The molecule has 0 aliphatic carbocycles. The van der Waals surface area contributed by atoms with Gasteiger partial charge in [-0.1, -0.05) is 6.07 Å². The van der Waals surface area contributed by atoms with Crippen LogP contribution >= 0.6 is 11.3 Å². The smallest absolute Gasteiger partial charge is 0.274 e. The van der Waals surface area contributed by atoms with E-state index in [9.17, 15) is 9.59 Å². The number of amides is 2. The molecule has 2 aromatic rings. The number of aromatic nitrogens is 2. The van der Waals surface area contributed by atoms with Gasteiger partial charge in [0.15, 0.2) is 0 Å². The maximum Gasteiger partial charge on any atom is 0.274 e. The van der Waals surface area contributed by atoms with E-state index < -0.39 is 0 Å². The first-order chi connectivity index (χ1) is 11.6. The molecule has 128 valence electrons. The molecule has 1 saturated heterocycles. The van der Waals surface area contributed by atoms with E-state index in [1.54, 1.807) is 17.4 Å². The second-order valence-electron chi connectivity index (χ2n) is 6.22. The van der Waals surface area contributed by atoms with Crippen LogP contribution in [0.15, 0.2) is 30.0 Å². The van der Waals surface area contributed by atoms with Crippen LogP contribution in [0.5, 0.6) is 0 Å². The van der Waals surface area contributed by atoms with E-state index >= 15 is 0 Å². The summed E-state index contributed by atoms with van der Waals surface area (Å²) in [4.78, 5) is 33.7. The minimum Gasteiger partial charge on any atom is -0.336 e. The predicted octanol–water partition coefficient (Wildman–Crippen LogP) is 2.51. The van der Waals surface area contributed by atoms with Crippen LogP contribution in [0.3, 0.4) is 0 Å². The van der Waals surface area contributed by atoms with Crippen molar-refractivity contribution in [2.24, 2.45) is 0 Å². The van der Waals surface area contributed by atoms with Gasteiger partial charge >= 0.3 is 0 Å². The molecule has 2 amide bonds. The van der Waals surface area contributed by atoms with Crippen molar-refractivity contribution in [1.82, 2.24) is 19.4 Å². The average molecular weight is 346 g/mol. The van der Waals surface area contributed by atoms with Gasteiger partial charge in [-0.25, -0.2) is 4.98 Å². The fraction of sp³-hybridized carbons (Fsp3) is 0.471. The van der Waals surface area contributed by atoms with Crippen molar-refractivity contribution in [1.29, 1.82) is 0 Å². The number of carbonyl (C=O) groups excluding carboxylic acids is 2. The Hall–Kier alpha value is -2.15. The van der Waals surface area contributed by atoms with Gasteiger partial charge in [-0.05, 0) is 31.7 Å². The van der Waals surface area contributed by atoms with Crippen molar-refractivity contribution in [3.8, 4) is 0 Å². The molecule has 2 aromatic heterocycles. The first-order valence-corrected chi connectivity index (χ1v) is 9.09. The monoisotopic (exact) mass is 346 g/mol. The molecule has 6 nitrogen and oxygen atoms in total. The van der Waals surface area contributed by atoms with E-state index in [-0.39, 0.29) is 17.9 Å². The summed E-state index contributed by atoms with van der Waals surface area (Å²) in [6.45, 7) is 6.55. The number of thiophene rings is 1. The van der Waals surface area contributed by atoms with Gasteiger partial charge in [0.1, 0.15) is 5.69 Å². The maximum absolute atomic E-state index is 12.6. The molecule has 3 heterocycles. The van der Waals surface area contributed by atoms with Gasteiger partial charge in [-0.2, -0.15) is 0 Å². The summed E-state index contributed by atoms with van der Waals surface area (Å²) in [6.07, 6.45) is 4.28. The van der Waals surface area contributed by atoms with Crippen molar-refractivity contribution in [3.63, 3.8) is 0 Å². The van der Waals surface area contributed by atoms with Crippen molar-refractivity contribution in [3.05, 3.63) is 40.6 Å². The summed E-state index contributed by atoms with van der Waals surface area (Å²) in [7, 11) is 0. The van der Waals surface area contributed by atoms with E-state index in [2.05, 4.69) is 18.8 Å². The highest BCUT2D eigenvalue weighted by Crippen LogP contribution is 2.15. The quantitative estimate of drug-likeness (QED) is 0.858. The molecule has 0 atom stereocenters. The van der Waals surface area contributed by atoms with Crippen molar-refractivity contribution >= 4 is 23.2 Å². The van der Waals surface area contributed by atoms with Crippen LogP contribution in [0.4, 0.5) is 0 Å². The Labute approximate surface area is 145 Å². The number of hydrogen-bond donors (Lipinski definition) is 0. The Balaban J connectivity index is 1.64. The zero-order chi connectivity index (χ0) is 17.1. The molecule has 0 unspecified atom stereocenters. The largest absolute Gasteiger partial charge is 0.336 e. The third-order valence-electron chi connectivity index (χ3n) is 4.22. The molecular weight excluding hydrogens is 324 g/mol. The maximum atomic E-state index is 12.6. The van der Waals surface area contributed by atoms with Crippen LogP contribution in [0.1, 0.15) is 46.5 Å². The standard InChI is InChI=1S/C17H22N4O2S/c1-13(2)21-11-14(18-12-21)16(22)19-6-4-7-20(9-8-19)17(23)15-5-3-10-24-15/h3,5,10-13H,4,6-9H2,1-2H3. The highest BCUT2D eigenvalue weighted by Gasteiger charge is 2.25. The lowest BCUT2D eigenvalue weighted by molar-refractivity contribution is 0.0718. The first kappa shape index (κ1) is 16.7. The van der Waals surface area contributed by atoms with Crippen molar-refractivity contribution in [2.45, 2.75) is 26.3 Å². The molecule has 0 saturated carbocycles. The second kappa shape index (κ2) is 7.17. The summed E-state index contributed by atoms with van der Waals surface area (Å²) >= 11 is 1.46. The molecule has 0 spiro atoms. The molecule has 0 aromatic carbocycles. The van der Waals surface area contributed by atoms with E-state index in [1.807, 2.05) is 27.0 Å². The highest BCUT2D eigenvalue weighted by molar-refractivity contribution is 7.12. The molecule has 24 heavy (non-hydrogen) atoms. The van der Waals surface area contributed by atoms with Gasteiger partial charge in [-0.3, -0.25) is 9.59 Å². The van der Waals surface area contributed by atoms with Crippen LogP contribution in [0, 0.1) is 0 Å². The Kier molecular flexibility index (Phi) is 4.99. The van der Waals surface area contributed by atoms with Gasteiger partial charge in [0.2, 0.25) is 0 Å². The number of hydrogen-bond acceptors (Lipinski definition) is 4. The van der Waals surface area contributed by atoms with Gasteiger partial charge in [-0.15, -0.1) is 11.3 Å². The minimum atomic E-state index is -0.0557. The molecule has 1 fully saturated rings. The molecule has 7 heteroatoms. The SMILES string of the molecule is CC(C)n1cnc(C(=O)N2CCCN(C(=O)c3cccs3)CC2)c1. The summed E-state index contributed by atoms with van der Waals surface area (Å²) in [5, 5.41) is 1.91. The highest BCUT2D eigenvalue weighted by atomic mass is 32.1. The topological polar surface area (TPSA) is 58.4 Å². The Bertz CT molecular complexity index is 708. The normalized spacial score (nSPS) is 15.6. The van der Waals surface area contributed by atoms with Crippen LogP contribution in [-0.2, 0) is 0 Å². The predicted molar refractivity (Wildman–Crippen MR) is 93.4 cm³/mol. The van der Waals surface area contributed by atoms with E-state index in [0.29, 0.717) is 31.9 Å². The van der Waals surface area contributed by atoms with E-state index in [4.69, 9.17) is 0 Å². The van der Waals surface area contributed by atoms with E-state index in [1.165, 1.54) is 11.3 Å². The summed E-state index contributed by atoms with van der Waals surface area (Å²) < 4.78 is 1.93. The number of nitrogens with zero attached hydrogens (tertiary/aromatic N) is 4. The van der Waals surface area contributed by atoms with Crippen LogP contribution in [0.25, 0.3) is 0 Å². The van der Waals surface area contributed by atoms with Gasteiger partial charge in [0, 0.05) is 38.4 Å². The van der Waals surface area contributed by atoms with Gasteiger partial charge in [0.25, 0.3) is 11.8 Å². The molecule has 1 aliphatic rings. The summed E-state index contributed by atoms with van der Waals surface area (Å²) in [5.74, 6) is 0.00297. The first-order valence-electron chi connectivity index (χ1n) is 8.22. The van der Waals surface area contributed by atoms with Crippen LogP contribution < -0.4 is 0 Å². The summed E-state index contributed by atoms with van der Waals surface area (Å²) in [6, 6.07) is 4.01. The zero-order valence-corrected chi connectivity index (χ0v) is 14.8. The Morgan fingerprint density at radius 1 is 1.12 bits per heavy atom. The molecule has 0 N–H and O–H groups in total. The lowest BCUT2D eigenvalue weighted by Crippen LogP contribution is -2.37. The van der Waals surface area contributed by atoms with Crippen LogP contribution in [-0.4, -0.2) is 57.3 Å². The lowest BCUT2D eigenvalue weighted by atomic mass is 10.3. The number of imidazole rings is 1. The third kappa shape index (κ3) is 3.51. The van der Waals surface area contributed by atoms with Gasteiger partial charge in [0.05, 0.1) is 11.2 Å². The number of carbonyl (C=O) groups is 2. The molecule has 0 radical (unpaired) electrons. The molecule has 1 aliphatic heterocycles. The average Bonchev–Trinajstić information content (AvgIpc) is 3.21. The Morgan fingerprint density at radius 2 is 1.83 bits per heavy atom. The Morgan fingerprint density at radius 3 is 2.42 bits per heavy atom. The fourth-order valence-electron chi connectivity index (χ4n) is 2.77. The van der Waals surface area contributed by atoms with E-state index in [0.717, 1.165) is 11.3 Å². The molecule has 3 rings (SSSR count). The lowest BCUT2D eigenvalue weighted by Gasteiger charge is -2.21. The summed E-state index contributed by atoms with van der Waals surface area (Å²) in [5.41, 5.74) is 0.474. The number of rotatable bonds is 3. The third-order valence-corrected chi connectivity index (χ3v) is 5.08. The second-order valence-corrected chi connectivity index (χ2v) is 7.16. The van der Waals surface area contributed by atoms with Crippen molar-refractivity contribution in [2.75, 3.05) is 26.2 Å². The van der Waals surface area contributed by atoms with Gasteiger partial charge < -0.3 is 14.4 Å².